The van der Waals surface area contributed by atoms with Gasteiger partial charge in [-0.25, -0.2) is 4.79 Å². The van der Waals surface area contributed by atoms with Gasteiger partial charge >= 0.3 is 11.9 Å². The molecule has 0 saturated heterocycles. The Labute approximate surface area is 269 Å². The largest absolute Gasteiger partial charge is 0.493 e. The minimum atomic E-state index is -0.675. The number of carbonyl (C=O) groups excluding carboxylic acids is 3. The average Bonchev–Trinajstić information content (AvgIpc) is 3.04. The molecule has 1 fully saturated rings. The molecule has 9 nitrogen and oxygen atoms in total. The maximum Gasteiger partial charge on any atom is 0.336 e. The highest BCUT2D eigenvalue weighted by molar-refractivity contribution is 6.12. The summed E-state index contributed by atoms with van der Waals surface area (Å²) in [4.78, 5) is 44.6. The van der Waals surface area contributed by atoms with E-state index in [1.807, 2.05) is 55.5 Å². The number of allylic oxidation sites excluding steroid dienone is 1. The minimum absolute atomic E-state index is 0.0288. The van der Waals surface area contributed by atoms with Crippen LogP contribution in [0, 0.1) is 5.92 Å². The normalized spacial score (nSPS) is 19.1. The molecule has 3 aromatic carbocycles. The molecule has 0 amide bonds. The summed E-state index contributed by atoms with van der Waals surface area (Å²) in [5, 5.41) is 0. The van der Waals surface area contributed by atoms with E-state index in [9.17, 15) is 14.4 Å². The van der Waals surface area contributed by atoms with E-state index < -0.39 is 23.8 Å². The van der Waals surface area contributed by atoms with Crippen LogP contribution in [0.2, 0.25) is 0 Å². The molecule has 0 N–H and O–H groups in total. The van der Waals surface area contributed by atoms with Gasteiger partial charge in [0.15, 0.2) is 23.0 Å². The number of Topliss-reactive ketones (excluding diaryl/α,β-unsaturated/α-hetero) is 1. The fourth-order valence-corrected chi connectivity index (χ4v) is 6.35. The van der Waals surface area contributed by atoms with Gasteiger partial charge in [-0.05, 0) is 67.1 Å². The Morgan fingerprint density at radius 1 is 0.848 bits per heavy atom. The zero-order chi connectivity index (χ0) is 32.8. The molecule has 1 aliphatic heterocycles. The maximum atomic E-state index is 14.2. The molecule has 1 saturated carbocycles. The van der Waals surface area contributed by atoms with E-state index in [0.717, 1.165) is 11.1 Å². The summed E-state index contributed by atoms with van der Waals surface area (Å²) in [6.45, 7) is 5.43. The number of hydrogen-bond donors (Lipinski definition) is 0. The van der Waals surface area contributed by atoms with Crippen molar-refractivity contribution in [1.29, 1.82) is 0 Å². The SMILES string of the molecule is CCOc1cc([C@@H]2C(C(=O)OCCc3ccccc3)=C(C)N=C3C[C@@H](c4ccc(OC)c(OC)c4)CC(=O)C32)ccc1OC(C)=O. The van der Waals surface area contributed by atoms with Gasteiger partial charge in [0.05, 0.1) is 38.9 Å². The predicted molar refractivity (Wildman–Crippen MR) is 173 cm³/mol. The quantitative estimate of drug-likeness (QED) is 0.178. The van der Waals surface area contributed by atoms with Gasteiger partial charge in [-0.15, -0.1) is 0 Å². The second kappa shape index (κ2) is 14.5. The van der Waals surface area contributed by atoms with Crippen LogP contribution in [0.4, 0.5) is 0 Å². The highest BCUT2D eigenvalue weighted by Gasteiger charge is 2.46. The Balaban J connectivity index is 1.53. The molecule has 1 unspecified atom stereocenters. The van der Waals surface area contributed by atoms with Crippen molar-refractivity contribution < 1.29 is 38.1 Å². The van der Waals surface area contributed by atoms with Crippen LogP contribution >= 0.6 is 0 Å². The average molecular weight is 626 g/mol. The summed E-state index contributed by atoms with van der Waals surface area (Å²) < 4.78 is 27.9. The van der Waals surface area contributed by atoms with Crippen molar-refractivity contribution in [3.05, 3.63) is 94.7 Å². The van der Waals surface area contributed by atoms with Crippen molar-refractivity contribution in [2.45, 2.75) is 51.9 Å². The van der Waals surface area contributed by atoms with Gasteiger partial charge in [-0.2, -0.15) is 0 Å². The van der Waals surface area contributed by atoms with Crippen molar-refractivity contribution in [2.75, 3.05) is 27.4 Å². The van der Waals surface area contributed by atoms with Gasteiger partial charge in [0.2, 0.25) is 0 Å². The number of fused-ring (bicyclic) bond motifs is 1. The van der Waals surface area contributed by atoms with Crippen molar-refractivity contribution in [3.63, 3.8) is 0 Å². The molecule has 3 aromatic rings. The highest BCUT2D eigenvalue weighted by Crippen LogP contribution is 2.48. The molecule has 46 heavy (non-hydrogen) atoms. The fraction of sp³-hybridized carbons (Fsp3) is 0.351. The summed E-state index contributed by atoms with van der Waals surface area (Å²) in [7, 11) is 3.16. The molecule has 0 radical (unpaired) electrons. The number of hydrogen-bond acceptors (Lipinski definition) is 9. The van der Waals surface area contributed by atoms with E-state index in [0.29, 0.717) is 59.2 Å². The van der Waals surface area contributed by atoms with Crippen molar-refractivity contribution in [1.82, 2.24) is 0 Å². The van der Waals surface area contributed by atoms with Gasteiger partial charge < -0.3 is 23.7 Å². The number of benzene rings is 3. The first-order chi connectivity index (χ1) is 22.2. The van der Waals surface area contributed by atoms with Gasteiger partial charge in [0.1, 0.15) is 5.78 Å². The fourth-order valence-electron chi connectivity index (χ4n) is 6.35. The minimum Gasteiger partial charge on any atom is -0.493 e. The van der Waals surface area contributed by atoms with Crippen LogP contribution in [0.3, 0.4) is 0 Å². The summed E-state index contributed by atoms with van der Waals surface area (Å²) in [5.74, 6) is -0.685. The van der Waals surface area contributed by atoms with Gasteiger partial charge in [-0.3, -0.25) is 14.6 Å². The number of esters is 2. The lowest BCUT2D eigenvalue weighted by Crippen LogP contribution is -2.41. The van der Waals surface area contributed by atoms with E-state index in [1.54, 1.807) is 39.3 Å². The van der Waals surface area contributed by atoms with Gasteiger partial charge in [0.25, 0.3) is 0 Å². The van der Waals surface area contributed by atoms with E-state index in [4.69, 9.17) is 28.7 Å². The molecule has 9 heteroatoms. The van der Waals surface area contributed by atoms with Crippen LogP contribution < -0.4 is 18.9 Å². The third-order valence-electron chi connectivity index (χ3n) is 8.40. The maximum absolute atomic E-state index is 14.2. The van der Waals surface area contributed by atoms with Gasteiger partial charge in [0, 0.05) is 37.1 Å². The Morgan fingerprint density at radius 2 is 1.54 bits per heavy atom. The molecule has 5 rings (SSSR count). The first kappa shape index (κ1) is 32.5. The molecular formula is C37H39NO8. The lowest BCUT2D eigenvalue weighted by Gasteiger charge is -2.38. The Morgan fingerprint density at radius 3 is 2.24 bits per heavy atom. The van der Waals surface area contributed by atoms with E-state index in [1.165, 1.54) is 6.92 Å². The second-order valence-electron chi connectivity index (χ2n) is 11.3. The zero-order valence-electron chi connectivity index (χ0n) is 26.8. The van der Waals surface area contributed by atoms with Crippen LogP contribution in [0.5, 0.6) is 23.0 Å². The summed E-state index contributed by atoms with van der Waals surface area (Å²) in [6, 6.07) is 20.6. The van der Waals surface area contributed by atoms with Crippen molar-refractivity contribution in [3.8, 4) is 23.0 Å². The summed E-state index contributed by atoms with van der Waals surface area (Å²) in [5.41, 5.74) is 4.21. The number of rotatable bonds is 11. The second-order valence-corrected chi connectivity index (χ2v) is 11.3. The van der Waals surface area contributed by atoms with Crippen LogP contribution in [-0.4, -0.2) is 50.9 Å². The standard InChI is InChI=1S/C37H39NO8/c1-6-44-33-21-26(13-15-31(33)46-23(3)39)35-34(37(41)45-17-16-24-10-8-7-9-11-24)22(2)38-28-18-27(19-29(40)36(28)35)25-12-14-30(42-4)32(20-25)43-5/h7-15,20-21,27,35-36H,6,16-19H2,1-5H3/t27-,35-,36?/m1/s1. The lowest BCUT2D eigenvalue weighted by molar-refractivity contribution is -0.139. The first-order valence-corrected chi connectivity index (χ1v) is 15.4. The number of ketones is 1. The van der Waals surface area contributed by atoms with Crippen molar-refractivity contribution >= 4 is 23.4 Å². The Kier molecular flexibility index (Phi) is 10.2. The monoisotopic (exact) mass is 625 g/mol. The Hall–Kier alpha value is -4.92. The number of nitrogens with zero attached hydrogens (tertiary/aromatic N) is 1. The molecule has 1 heterocycles. The molecular weight excluding hydrogens is 586 g/mol. The van der Waals surface area contributed by atoms with E-state index >= 15 is 0 Å². The topological polar surface area (TPSA) is 110 Å². The Bertz CT molecular complexity index is 1680. The summed E-state index contributed by atoms with van der Waals surface area (Å²) >= 11 is 0. The molecule has 240 valence electrons. The van der Waals surface area contributed by atoms with Crippen LogP contribution in [-0.2, 0) is 25.5 Å². The van der Waals surface area contributed by atoms with E-state index in [2.05, 4.69) is 0 Å². The molecule has 0 bridgehead atoms. The van der Waals surface area contributed by atoms with Crippen LogP contribution in [0.15, 0.2) is 83.0 Å². The number of ether oxygens (including phenoxy) is 5. The number of carbonyl (C=O) groups is 3. The third-order valence-corrected chi connectivity index (χ3v) is 8.40. The predicted octanol–water partition coefficient (Wildman–Crippen LogP) is 6.39. The summed E-state index contributed by atoms with van der Waals surface area (Å²) in [6.07, 6.45) is 1.34. The number of aliphatic imine (C=N–C) groups is 1. The highest BCUT2D eigenvalue weighted by atomic mass is 16.6. The zero-order valence-corrected chi connectivity index (χ0v) is 26.8. The van der Waals surface area contributed by atoms with Crippen LogP contribution in [0.1, 0.15) is 62.1 Å². The van der Waals surface area contributed by atoms with E-state index in [-0.39, 0.29) is 30.5 Å². The lowest BCUT2D eigenvalue weighted by atomic mass is 9.66. The first-order valence-electron chi connectivity index (χ1n) is 15.4. The van der Waals surface area contributed by atoms with Crippen molar-refractivity contribution in [2.24, 2.45) is 10.9 Å². The molecule has 1 aliphatic carbocycles. The number of methoxy groups -OCH3 is 2. The molecule has 0 spiro atoms. The third kappa shape index (κ3) is 6.98. The molecule has 2 aliphatic rings. The smallest absolute Gasteiger partial charge is 0.336 e. The molecule has 0 aromatic heterocycles. The van der Waals surface area contributed by atoms with Crippen LogP contribution in [0.25, 0.3) is 0 Å². The van der Waals surface area contributed by atoms with Gasteiger partial charge in [-0.1, -0.05) is 42.5 Å². The molecule has 3 atom stereocenters.